The average molecular weight is 230 g/mol. The Morgan fingerprint density at radius 2 is 2.07 bits per heavy atom. The molecule has 4 nitrogen and oxygen atoms in total. The van der Waals surface area contributed by atoms with Gasteiger partial charge >= 0.3 is 0 Å². The van der Waals surface area contributed by atoms with Crippen molar-refractivity contribution in [2.75, 3.05) is 13.6 Å². The molecule has 0 aliphatic heterocycles. The van der Waals surface area contributed by atoms with Gasteiger partial charge in [0.1, 0.15) is 5.15 Å². The summed E-state index contributed by atoms with van der Waals surface area (Å²) in [5.41, 5.74) is 0.139. The molecule has 0 amide bonds. The monoisotopic (exact) mass is 229 g/mol. The molecule has 0 atom stereocenters. The number of aromatic nitrogens is 2. The van der Waals surface area contributed by atoms with Crippen LogP contribution < -0.4 is 0 Å². The zero-order chi connectivity index (χ0) is 11.5. The van der Waals surface area contributed by atoms with Crippen molar-refractivity contribution in [1.82, 2.24) is 14.9 Å². The third-order valence-corrected chi connectivity index (χ3v) is 1.96. The van der Waals surface area contributed by atoms with Crippen LogP contribution in [0.4, 0.5) is 0 Å². The van der Waals surface area contributed by atoms with Crippen LogP contribution in [0.5, 0.6) is 0 Å². The first-order chi connectivity index (χ1) is 6.87. The Kier molecular flexibility index (Phi) is 4.02. The summed E-state index contributed by atoms with van der Waals surface area (Å²) in [6.45, 7) is 4.78. The highest BCUT2D eigenvalue weighted by Crippen LogP contribution is 2.07. The molecule has 84 valence electrons. The normalized spacial score (nSPS) is 12.1. The zero-order valence-corrected chi connectivity index (χ0v) is 9.99. The van der Waals surface area contributed by atoms with Crippen molar-refractivity contribution in [3.63, 3.8) is 0 Å². The van der Waals surface area contributed by atoms with Gasteiger partial charge in [-0.2, -0.15) is 0 Å². The summed E-state index contributed by atoms with van der Waals surface area (Å²) in [5, 5.41) is 10.0. The molecule has 0 saturated heterocycles. The maximum atomic E-state index is 9.61. The van der Waals surface area contributed by atoms with Crippen LogP contribution in [-0.2, 0) is 6.54 Å². The van der Waals surface area contributed by atoms with Gasteiger partial charge in [0.25, 0.3) is 0 Å². The van der Waals surface area contributed by atoms with Gasteiger partial charge in [-0.1, -0.05) is 11.6 Å². The lowest BCUT2D eigenvalue weighted by molar-refractivity contribution is 0.0421. The minimum atomic E-state index is -0.700. The molecule has 0 unspecified atom stereocenters. The van der Waals surface area contributed by atoms with Gasteiger partial charge in [-0.25, -0.2) is 4.98 Å². The minimum Gasteiger partial charge on any atom is -0.389 e. The van der Waals surface area contributed by atoms with Crippen molar-refractivity contribution >= 4 is 11.6 Å². The Bertz CT molecular complexity index is 307. The van der Waals surface area contributed by atoms with Gasteiger partial charge < -0.3 is 5.11 Å². The molecule has 0 bridgehead atoms. The van der Waals surface area contributed by atoms with E-state index in [1.165, 1.54) is 6.20 Å². The van der Waals surface area contributed by atoms with Gasteiger partial charge in [0, 0.05) is 13.1 Å². The summed E-state index contributed by atoms with van der Waals surface area (Å²) in [4.78, 5) is 10.1. The largest absolute Gasteiger partial charge is 0.389 e. The first-order valence-corrected chi connectivity index (χ1v) is 5.12. The van der Waals surface area contributed by atoms with Crippen molar-refractivity contribution < 1.29 is 5.11 Å². The summed E-state index contributed by atoms with van der Waals surface area (Å²) < 4.78 is 0. The molecule has 0 aliphatic carbocycles. The van der Waals surface area contributed by atoms with Crippen molar-refractivity contribution in [3.05, 3.63) is 23.2 Å². The van der Waals surface area contributed by atoms with Crippen molar-refractivity contribution in [3.8, 4) is 0 Å². The van der Waals surface area contributed by atoms with Gasteiger partial charge in [0.05, 0.1) is 23.7 Å². The van der Waals surface area contributed by atoms with E-state index in [2.05, 4.69) is 9.97 Å². The molecular weight excluding hydrogens is 214 g/mol. The van der Waals surface area contributed by atoms with Crippen LogP contribution >= 0.6 is 11.6 Å². The SMILES string of the molecule is CN(Cc1cnc(Cl)cn1)CC(C)(C)O. The number of aliphatic hydroxyl groups is 1. The molecule has 0 spiro atoms. The van der Waals surface area contributed by atoms with E-state index >= 15 is 0 Å². The van der Waals surface area contributed by atoms with Crippen LogP contribution in [0, 0.1) is 0 Å². The predicted octanol–water partition coefficient (Wildman–Crippen LogP) is 1.33. The maximum absolute atomic E-state index is 9.61. The van der Waals surface area contributed by atoms with Gasteiger partial charge in [-0.05, 0) is 20.9 Å². The third kappa shape index (κ3) is 5.06. The van der Waals surface area contributed by atoms with Crippen LogP contribution in [0.15, 0.2) is 12.4 Å². The third-order valence-electron chi connectivity index (χ3n) is 1.76. The Hall–Kier alpha value is -0.710. The van der Waals surface area contributed by atoms with E-state index in [-0.39, 0.29) is 0 Å². The molecule has 0 saturated carbocycles. The molecule has 0 aliphatic rings. The van der Waals surface area contributed by atoms with E-state index in [1.54, 1.807) is 20.0 Å². The van der Waals surface area contributed by atoms with E-state index in [9.17, 15) is 5.11 Å². The van der Waals surface area contributed by atoms with Crippen molar-refractivity contribution in [1.29, 1.82) is 0 Å². The van der Waals surface area contributed by atoms with E-state index in [0.717, 1.165) is 5.69 Å². The fraction of sp³-hybridized carbons (Fsp3) is 0.600. The molecule has 0 fully saturated rings. The van der Waals surface area contributed by atoms with Crippen LogP contribution in [-0.4, -0.2) is 39.2 Å². The van der Waals surface area contributed by atoms with Gasteiger partial charge in [-0.15, -0.1) is 0 Å². The summed E-state index contributed by atoms with van der Waals surface area (Å²) in [7, 11) is 1.92. The smallest absolute Gasteiger partial charge is 0.147 e. The summed E-state index contributed by atoms with van der Waals surface area (Å²) in [5.74, 6) is 0. The molecule has 5 heteroatoms. The minimum absolute atomic E-state index is 0.392. The molecule has 0 aromatic carbocycles. The Labute approximate surface area is 94.9 Å². The van der Waals surface area contributed by atoms with E-state index in [4.69, 9.17) is 11.6 Å². The highest BCUT2D eigenvalue weighted by atomic mass is 35.5. The molecular formula is C10H16ClN3O. The molecule has 1 aromatic heterocycles. The van der Waals surface area contributed by atoms with Crippen LogP contribution in [0.3, 0.4) is 0 Å². The van der Waals surface area contributed by atoms with E-state index in [0.29, 0.717) is 18.2 Å². The number of hydrogen-bond acceptors (Lipinski definition) is 4. The standard InChI is InChI=1S/C10H16ClN3O/c1-10(2,15)7-14(3)6-8-4-13-9(11)5-12-8/h4-5,15H,6-7H2,1-3H3. The van der Waals surface area contributed by atoms with Crippen LogP contribution in [0.1, 0.15) is 19.5 Å². The molecule has 1 N–H and O–H groups in total. The second-order valence-electron chi connectivity index (χ2n) is 4.32. The molecule has 1 rings (SSSR count). The van der Waals surface area contributed by atoms with Gasteiger partial charge in [-0.3, -0.25) is 9.88 Å². The Morgan fingerprint density at radius 1 is 1.40 bits per heavy atom. The fourth-order valence-corrected chi connectivity index (χ4v) is 1.51. The zero-order valence-electron chi connectivity index (χ0n) is 9.24. The second-order valence-corrected chi connectivity index (χ2v) is 4.70. The average Bonchev–Trinajstić information content (AvgIpc) is 2.05. The number of rotatable bonds is 4. The number of hydrogen-bond donors (Lipinski definition) is 1. The summed E-state index contributed by atoms with van der Waals surface area (Å²) >= 11 is 5.63. The quantitative estimate of drug-likeness (QED) is 0.847. The van der Waals surface area contributed by atoms with Crippen molar-refractivity contribution in [2.24, 2.45) is 0 Å². The predicted molar refractivity (Wildman–Crippen MR) is 59.7 cm³/mol. The lowest BCUT2D eigenvalue weighted by atomic mass is 10.1. The molecule has 0 radical (unpaired) electrons. The van der Waals surface area contributed by atoms with Crippen LogP contribution in [0.2, 0.25) is 5.15 Å². The number of likely N-dealkylation sites (N-methyl/N-ethyl adjacent to an activating group) is 1. The maximum Gasteiger partial charge on any atom is 0.147 e. The van der Waals surface area contributed by atoms with Gasteiger partial charge in [0.2, 0.25) is 0 Å². The van der Waals surface area contributed by atoms with Crippen LogP contribution in [0.25, 0.3) is 0 Å². The molecule has 1 heterocycles. The Morgan fingerprint density at radius 3 is 2.53 bits per heavy atom. The van der Waals surface area contributed by atoms with Gasteiger partial charge in [0.15, 0.2) is 0 Å². The number of halogens is 1. The topological polar surface area (TPSA) is 49.2 Å². The fourth-order valence-electron chi connectivity index (χ4n) is 1.41. The van der Waals surface area contributed by atoms with E-state index in [1.807, 2.05) is 11.9 Å². The van der Waals surface area contributed by atoms with E-state index < -0.39 is 5.60 Å². The highest BCUT2D eigenvalue weighted by Gasteiger charge is 2.15. The highest BCUT2D eigenvalue weighted by molar-refractivity contribution is 6.29. The number of nitrogens with zero attached hydrogens (tertiary/aromatic N) is 3. The lowest BCUT2D eigenvalue weighted by Gasteiger charge is -2.24. The first-order valence-electron chi connectivity index (χ1n) is 4.74. The molecule has 15 heavy (non-hydrogen) atoms. The first kappa shape index (κ1) is 12.4. The second kappa shape index (κ2) is 4.88. The summed E-state index contributed by atoms with van der Waals surface area (Å²) in [6.07, 6.45) is 3.16. The van der Waals surface area contributed by atoms with Crippen molar-refractivity contribution in [2.45, 2.75) is 26.0 Å². The lowest BCUT2D eigenvalue weighted by Crippen LogP contribution is -2.36. The summed E-state index contributed by atoms with van der Waals surface area (Å²) in [6, 6.07) is 0. The molecule has 1 aromatic rings. The Balaban J connectivity index is 2.51.